The van der Waals surface area contributed by atoms with Crippen LogP contribution in [0.1, 0.15) is 23.3 Å². The maximum Gasteiger partial charge on any atom is 0.573 e. The lowest BCUT2D eigenvalue weighted by molar-refractivity contribution is -0.274. The minimum absolute atomic E-state index is 0.00903. The number of benzene rings is 1. The SMILES string of the molecule is O=C(c1cc(-c2ccc(OC(F)(F)F)cc2)n[nH]1)N1CCCC1Cn1cncn1. The highest BCUT2D eigenvalue weighted by atomic mass is 19.4. The van der Waals surface area contributed by atoms with Gasteiger partial charge < -0.3 is 9.64 Å². The first-order valence-corrected chi connectivity index (χ1v) is 8.94. The number of carbonyl (C=O) groups excluding carboxylic acids is 1. The maximum absolute atomic E-state index is 12.9. The monoisotopic (exact) mass is 406 g/mol. The number of hydrogen-bond donors (Lipinski definition) is 1. The van der Waals surface area contributed by atoms with Crippen molar-refractivity contribution in [3.05, 3.63) is 48.7 Å². The number of amides is 1. The lowest BCUT2D eigenvalue weighted by Gasteiger charge is -2.23. The molecule has 1 saturated heterocycles. The predicted octanol–water partition coefficient (Wildman–Crippen LogP) is 2.87. The van der Waals surface area contributed by atoms with Crippen molar-refractivity contribution in [2.45, 2.75) is 31.8 Å². The van der Waals surface area contributed by atoms with Crippen molar-refractivity contribution < 1.29 is 22.7 Å². The van der Waals surface area contributed by atoms with E-state index in [4.69, 9.17) is 0 Å². The van der Waals surface area contributed by atoms with Crippen LogP contribution >= 0.6 is 0 Å². The van der Waals surface area contributed by atoms with E-state index in [1.165, 1.54) is 30.6 Å². The summed E-state index contributed by atoms with van der Waals surface area (Å²) >= 11 is 0. The summed E-state index contributed by atoms with van der Waals surface area (Å²) in [4.78, 5) is 18.6. The average molecular weight is 406 g/mol. The molecule has 0 radical (unpaired) electrons. The molecule has 1 atom stereocenters. The largest absolute Gasteiger partial charge is 0.573 e. The Morgan fingerprint density at radius 3 is 2.76 bits per heavy atom. The van der Waals surface area contributed by atoms with Crippen molar-refractivity contribution in [3.63, 3.8) is 0 Å². The van der Waals surface area contributed by atoms with Gasteiger partial charge in [0.15, 0.2) is 0 Å². The van der Waals surface area contributed by atoms with E-state index in [1.54, 1.807) is 22.0 Å². The van der Waals surface area contributed by atoms with E-state index in [1.807, 2.05) is 0 Å². The van der Waals surface area contributed by atoms with Crippen molar-refractivity contribution in [2.75, 3.05) is 6.54 Å². The molecule has 152 valence electrons. The van der Waals surface area contributed by atoms with E-state index < -0.39 is 6.36 Å². The molecule has 11 heteroatoms. The molecule has 1 aliphatic heterocycles. The van der Waals surface area contributed by atoms with E-state index in [2.05, 4.69) is 25.0 Å². The molecule has 3 aromatic rings. The molecule has 4 rings (SSSR count). The molecule has 1 aliphatic rings. The van der Waals surface area contributed by atoms with E-state index in [9.17, 15) is 18.0 Å². The molecule has 0 aliphatic carbocycles. The summed E-state index contributed by atoms with van der Waals surface area (Å²) in [6.07, 6.45) is 0.0840. The van der Waals surface area contributed by atoms with Gasteiger partial charge in [0, 0.05) is 12.1 Å². The molecule has 2 aromatic heterocycles. The molecule has 1 amide bonds. The molecule has 0 bridgehead atoms. The molecule has 1 aromatic carbocycles. The van der Waals surface area contributed by atoms with Crippen LogP contribution in [0.25, 0.3) is 11.3 Å². The van der Waals surface area contributed by atoms with Crippen LogP contribution in [0, 0.1) is 0 Å². The first kappa shape index (κ1) is 19.0. The molecule has 0 saturated carbocycles. The second-order valence-corrected chi connectivity index (χ2v) is 6.65. The lowest BCUT2D eigenvalue weighted by Crippen LogP contribution is -2.38. The number of alkyl halides is 3. The average Bonchev–Trinajstić information content (AvgIpc) is 3.43. The van der Waals surface area contributed by atoms with E-state index in [0.29, 0.717) is 30.0 Å². The standard InChI is InChI=1S/C18H17F3N6O2/c19-18(20,21)29-14-5-3-12(4-6-14)15-8-16(25-24-15)17(28)27-7-1-2-13(27)9-26-11-22-10-23-26/h3-6,8,10-11,13H,1-2,7,9H2,(H,24,25). The highest BCUT2D eigenvalue weighted by molar-refractivity contribution is 5.93. The Kier molecular flexibility index (Phi) is 4.95. The Hall–Kier alpha value is -3.37. The Morgan fingerprint density at radius 2 is 2.07 bits per heavy atom. The number of aromatic amines is 1. The Labute approximate surface area is 163 Å². The van der Waals surface area contributed by atoms with Gasteiger partial charge >= 0.3 is 6.36 Å². The third kappa shape index (κ3) is 4.39. The molecule has 29 heavy (non-hydrogen) atoms. The van der Waals surface area contributed by atoms with Gasteiger partial charge in [0.25, 0.3) is 5.91 Å². The summed E-state index contributed by atoms with van der Waals surface area (Å²) < 4.78 is 42.3. The topological polar surface area (TPSA) is 88.9 Å². The Bertz CT molecular complexity index is 968. The van der Waals surface area contributed by atoms with Crippen LogP contribution in [0.2, 0.25) is 0 Å². The number of carbonyl (C=O) groups is 1. The first-order valence-electron chi connectivity index (χ1n) is 8.94. The second kappa shape index (κ2) is 7.57. The highest BCUT2D eigenvalue weighted by Crippen LogP contribution is 2.27. The molecule has 3 heterocycles. The summed E-state index contributed by atoms with van der Waals surface area (Å²) in [7, 11) is 0. The van der Waals surface area contributed by atoms with Crippen LogP contribution < -0.4 is 4.74 Å². The molecule has 1 N–H and O–H groups in total. The third-order valence-electron chi connectivity index (χ3n) is 4.69. The van der Waals surface area contributed by atoms with Gasteiger partial charge in [-0.1, -0.05) is 0 Å². The van der Waals surface area contributed by atoms with Crippen molar-refractivity contribution in [1.29, 1.82) is 0 Å². The van der Waals surface area contributed by atoms with Crippen molar-refractivity contribution in [1.82, 2.24) is 29.9 Å². The zero-order valence-corrected chi connectivity index (χ0v) is 15.1. The van der Waals surface area contributed by atoms with Gasteiger partial charge in [-0.3, -0.25) is 14.6 Å². The highest BCUT2D eigenvalue weighted by Gasteiger charge is 2.32. The van der Waals surface area contributed by atoms with Gasteiger partial charge in [-0.15, -0.1) is 13.2 Å². The lowest BCUT2D eigenvalue weighted by atomic mass is 10.1. The number of rotatable bonds is 5. The number of nitrogens with zero attached hydrogens (tertiary/aromatic N) is 5. The van der Waals surface area contributed by atoms with Crippen LogP contribution in [0.15, 0.2) is 43.0 Å². The molecular weight excluding hydrogens is 389 g/mol. The zero-order chi connectivity index (χ0) is 20.4. The van der Waals surface area contributed by atoms with E-state index >= 15 is 0 Å². The van der Waals surface area contributed by atoms with Crippen LogP contribution in [0.3, 0.4) is 0 Å². The van der Waals surface area contributed by atoms with Gasteiger partial charge in [-0.2, -0.15) is 10.2 Å². The molecule has 0 spiro atoms. The number of nitrogens with one attached hydrogen (secondary N) is 1. The second-order valence-electron chi connectivity index (χ2n) is 6.65. The summed E-state index contributed by atoms with van der Waals surface area (Å²) in [5.41, 5.74) is 1.34. The van der Waals surface area contributed by atoms with Gasteiger partial charge in [-0.05, 0) is 43.2 Å². The minimum atomic E-state index is -4.74. The molecule has 1 unspecified atom stereocenters. The molecule has 1 fully saturated rings. The summed E-state index contributed by atoms with van der Waals surface area (Å²) in [5, 5.41) is 10.9. The first-order chi connectivity index (χ1) is 13.9. The van der Waals surface area contributed by atoms with Gasteiger partial charge in [0.05, 0.1) is 18.3 Å². The molecule has 8 nitrogen and oxygen atoms in total. The van der Waals surface area contributed by atoms with Crippen molar-refractivity contribution in [3.8, 4) is 17.0 Å². The number of ether oxygens (including phenoxy) is 1. The van der Waals surface area contributed by atoms with Gasteiger partial charge in [-0.25, -0.2) is 4.98 Å². The van der Waals surface area contributed by atoms with Crippen LogP contribution in [0.5, 0.6) is 5.75 Å². The Balaban J connectivity index is 1.46. The number of aromatic nitrogens is 5. The zero-order valence-electron chi connectivity index (χ0n) is 15.1. The van der Waals surface area contributed by atoms with Gasteiger partial charge in [0.2, 0.25) is 0 Å². The quantitative estimate of drug-likeness (QED) is 0.704. The van der Waals surface area contributed by atoms with Crippen LogP contribution in [-0.4, -0.2) is 54.7 Å². The van der Waals surface area contributed by atoms with Crippen LogP contribution in [-0.2, 0) is 6.54 Å². The minimum Gasteiger partial charge on any atom is -0.406 e. The van der Waals surface area contributed by atoms with Crippen LogP contribution in [0.4, 0.5) is 13.2 Å². The van der Waals surface area contributed by atoms with Gasteiger partial charge in [0.1, 0.15) is 24.1 Å². The smallest absolute Gasteiger partial charge is 0.406 e. The number of hydrogen-bond acceptors (Lipinski definition) is 5. The van der Waals surface area contributed by atoms with E-state index in [0.717, 1.165) is 12.8 Å². The maximum atomic E-state index is 12.9. The predicted molar refractivity (Wildman–Crippen MR) is 94.8 cm³/mol. The van der Waals surface area contributed by atoms with Crippen molar-refractivity contribution >= 4 is 5.91 Å². The third-order valence-corrected chi connectivity index (χ3v) is 4.69. The van der Waals surface area contributed by atoms with Crippen molar-refractivity contribution in [2.24, 2.45) is 0 Å². The fraction of sp³-hybridized carbons (Fsp3) is 0.333. The number of likely N-dealkylation sites (tertiary alicyclic amines) is 1. The number of halogens is 3. The normalized spacial score (nSPS) is 16.9. The summed E-state index contributed by atoms with van der Waals surface area (Å²) in [5.74, 6) is -0.496. The van der Waals surface area contributed by atoms with E-state index in [-0.39, 0.29) is 17.7 Å². The fourth-order valence-corrected chi connectivity index (χ4v) is 3.40. The summed E-state index contributed by atoms with van der Waals surface area (Å²) in [6.45, 7) is 1.20. The summed E-state index contributed by atoms with van der Waals surface area (Å²) in [6, 6.07) is 6.91. The molecular formula is C18H17F3N6O2. The fourth-order valence-electron chi connectivity index (χ4n) is 3.40. The Morgan fingerprint density at radius 1 is 1.28 bits per heavy atom. The number of H-pyrrole nitrogens is 1.